The summed E-state index contributed by atoms with van der Waals surface area (Å²) in [5.41, 5.74) is 5.40. The number of nitrogens with one attached hydrogen (secondary N) is 1. The van der Waals surface area contributed by atoms with Crippen molar-refractivity contribution in [1.82, 2.24) is 4.98 Å². The Bertz CT molecular complexity index is 587. The molecule has 100 valence electrons. The Balaban J connectivity index is 1.92. The first kappa shape index (κ1) is 13.7. The van der Waals surface area contributed by atoms with Crippen molar-refractivity contribution in [1.29, 1.82) is 0 Å². The van der Waals surface area contributed by atoms with Gasteiger partial charge in [-0.2, -0.15) is 0 Å². The molecular weight excluding hydrogens is 230 g/mol. The van der Waals surface area contributed by atoms with Crippen LogP contribution in [0.15, 0.2) is 54.3 Å². The number of allylic oxidation sites excluding steroid dienone is 3. The number of aromatic amines is 1. The van der Waals surface area contributed by atoms with Crippen molar-refractivity contribution in [3.63, 3.8) is 0 Å². The van der Waals surface area contributed by atoms with E-state index in [1.807, 2.05) is 0 Å². The summed E-state index contributed by atoms with van der Waals surface area (Å²) in [4.78, 5) is 3.33. The van der Waals surface area contributed by atoms with Gasteiger partial charge in [0.15, 0.2) is 0 Å². The third-order valence-corrected chi connectivity index (χ3v) is 3.53. The molecule has 0 saturated heterocycles. The molecule has 0 radical (unpaired) electrons. The lowest BCUT2D eigenvalue weighted by atomic mass is 10.0. The molecule has 2 rings (SSSR count). The minimum absolute atomic E-state index is 1.11. The zero-order valence-electron chi connectivity index (χ0n) is 12.0. The Hall–Kier alpha value is -1.76. The average Bonchev–Trinajstić information content (AvgIpc) is 2.80. The fourth-order valence-electron chi connectivity index (χ4n) is 2.33. The fraction of sp³-hybridized carbons (Fsp3) is 0.333. The van der Waals surface area contributed by atoms with E-state index in [1.54, 1.807) is 0 Å². The van der Waals surface area contributed by atoms with Crippen LogP contribution in [0, 0.1) is 0 Å². The normalized spacial score (nSPS) is 12.0. The van der Waals surface area contributed by atoms with Gasteiger partial charge in [-0.1, -0.05) is 35.4 Å². The standard InChI is InChI=1S/C18H23N/c1-14(2)11-12-15(3)7-6-8-16-13-19-18-10-5-4-9-17(16)18/h4-5,7,9-10,13,19H,1,6,8,11-12H2,2-3H3/b15-7+. The van der Waals surface area contributed by atoms with Crippen LogP contribution in [0.5, 0.6) is 0 Å². The average molecular weight is 253 g/mol. The highest BCUT2D eigenvalue weighted by Gasteiger charge is 2.01. The Morgan fingerprint density at radius 1 is 1.21 bits per heavy atom. The van der Waals surface area contributed by atoms with Gasteiger partial charge in [0, 0.05) is 17.1 Å². The SMILES string of the molecule is C=C(C)CC/C(C)=C/CCc1c[nH]c2ccccc12. The maximum Gasteiger partial charge on any atom is 0.0456 e. The van der Waals surface area contributed by atoms with Gasteiger partial charge in [0.25, 0.3) is 0 Å². The van der Waals surface area contributed by atoms with E-state index in [9.17, 15) is 0 Å². The molecule has 1 aromatic carbocycles. The summed E-state index contributed by atoms with van der Waals surface area (Å²) in [6.07, 6.45) is 8.98. The molecular formula is C18H23N. The van der Waals surface area contributed by atoms with Gasteiger partial charge in [-0.3, -0.25) is 0 Å². The van der Waals surface area contributed by atoms with E-state index >= 15 is 0 Å². The van der Waals surface area contributed by atoms with Gasteiger partial charge < -0.3 is 4.98 Å². The molecule has 19 heavy (non-hydrogen) atoms. The number of para-hydroxylation sites is 1. The van der Waals surface area contributed by atoms with Crippen molar-refractivity contribution >= 4 is 10.9 Å². The fourth-order valence-corrected chi connectivity index (χ4v) is 2.33. The van der Waals surface area contributed by atoms with Gasteiger partial charge in [-0.25, -0.2) is 0 Å². The Morgan fingerprint density at radius 2 is 2.00 bits per heavy atom. The van der Waals surface area contributed by atoms with E-state index in [4.69, 9.17) is 0 Å². The third kappa shape index (κ3) is 3.85. The number of benzene rings is 1. The van der Waals surface area contributed by atoms with Crippen molar-refractivity contribution in [2.24, 2.45) is 0 Å². The van der Waals surface area contributed by atoms with Crippen molar-refractivity contribution in [2.75, 3.05) is 0 Å². The molecule has 1 heteroatoms. The largest absolute Gasteiger partial charge is 0.361 e. The van der Waals surface area contributed by atoms with Crippen LogP contribution >= 0.6 is 0 Å². The maximum atomic E-state index is 3.95. The van der Waals surface area contributed by atoms with Crippen LogP contribution < -0.4 is 0 Å². The highest BCUT2D eigenvalue weighted by atomic mass is 14.7. The Morgan fingerprint density at radius 3 is 2.79 bits per heavy atom. The van der Waals surface area contributed by atoms with Gasteiger partial charge >= 0.3 is 0 Å². The zero-order valence-corrected chi connectivity index (χ0v) is 12.0. The molecule has 0 unspecified atom stereocenters. The first-order chi connectivity index (χ1) is 9.16. The lowest BCUT2D eigenvalue weighted by molar-refractivity contribution is 0.903. The molecule has 0 aliphatic rings. The third-order valence-electron chi connectivity index (χ3n) is 3.53. The number of rotatable bonds is 6. The summed E-state index contributed by atoms with van der Waals surface area (Å²) in [7, 11) is 0. The maximum absolute atomic E-state index is 3.95. The topological polar surface area (TPSA) is 15.8 Å². The van der Waals surface area contributed by atoms with Crippen LogP contribution in [-0.4, -0.2) is 4.98 Å². The highest BCUT2D eigenvalue weighted by molar-refractivity contribution is 5.83. The molecule has 0 saturated carbocycles. The monoisotopic (exact) mass is 253 g/mol. The first-order valence-electron chi connectivity index (χ1n) is 7.02. The number of aromatic nitrogens is 1. The summed E-state index contributed by atoms with van der Waals surface area (Å²) in [5.74, 6) is 0. The van der Waals surface area contributed by atoms with Crippen LogP contribution in [-0.2, 0) is 6.42 Å². The van der Waals surface area contributed by atoms with Gasteiger partial charge in [0.05, 0.1) is 0 Å². The van der Waals surface area contributed by atoms with Gasteiger partial charge in [-0.15, -0.1) is 6.58 Å². The Labute approximate surface area is 116 Å². The van der Waals surface area contributed by atoms with Crippen LogP contribution in [0.25, 0.3) is 10.9 Å². The lowest BCUT2D eigenvalue weighted by Gasteiger charge is -2.01. The van der Waals surface area contributed by atoms with E-state index in [1.165, 1.54) is 27.6 Å². The van der Waals surface area contributed by atoms with Gasteiger partial charge in [0.1, 0.15) is 0 Å². The van der Waals surface area contributed by atoms with Crippen LogP contribution in [0.2, 0.25) is 0 Å². The van der Waals surface area contributed by atoms with Gasteiger partial charge in [-0.05, 0) is 51.2 Å². The number of aryl methyl sites for hydroxylation is 1. The molecule has 1 aromatic heterocycles. The predicted molar refractivity (Wildman–Crippen MR) is 84.4 cm³/mol. The Kier molecular flexibility index (Phi) is 4.62. The van der Waals surface area contributed by atoms with Crippen LogP contribution in [0.4, 0.5) is 0 Å². The highest BCUT2D eigenvalue weighted by Crippen LogP contribution is 2.19. The van der Waals surface area contributed by atoms with E-state index in [2.05, 4.69) is 61.9 Å². The van der Waals surface area contributed by atoms with Crippen molar-refractivity contribution < 1.29 is 0 Å². The number of hydrogen-bond donors (Lipinski definition) is 1. The molecule has 1 heterocycles. The number of fused-ring (bicyclic) bond motifs is 1. The minimum atomic E-state index is 1.11. The summed E-state index contributed by atoms with van der Waals surface area (Å²) >= 11 is 0. The first-order valence-corrected chi connectivity index (χ1v) is 7.02. The molecule has 1 nitrogen and oxygen atoms in total. The lowest BCUT2D eigenvalue weighted by Crippen LogP contribution is -1.84. The minimum Gasteiger partial charge on any atom is -0.361 e. The van der Waals surface area contributed by atoms with Crippen molar-refractivity contribution in [3.05, 3.63) is 59.8 Å². The van der Waals surface area contributed by atoms with Crippen molar-refractivity contribution in [2.45, 2.75) is 39.5 Å². The molecule has 0 aliphatic heterocycles. The molecule has 2 aromatic rings. The molecule has 0 amide bonds. The van der Waals surface area contributed by atoms with E-state index in [0.717, 1.165) is 25.7 Å². The smallest absolute Gasteiger partial charge is 0.0456 e. The molecule has 0 fully saturated rings. The molecule has 1 N–H and O–H groups in total. The molecule has 0 atom stereocenters. The second-order valence-corrected chi connectivity index (χ2v) is 5.41. The summed E-state index contributed by atoms with van der Waals surface area (Å²) < 4.78 is 0. The molecule has 0 bridgehead atoms. The van der Waals surface area contributed by atoms with Crippen LogP contribution in [0.1, 0.15) is 38.7 Å². The second-order valence-electron chi connectivity index (χ2n) is 5.41. The summed E-state index contributed by atoms with van der Waals surface area (Å²) in [5, 5.41) is 1.36. The summed E-state index contributed by atoms with van der Waals surface area (Å²) in [6, 6.07) is 8.50. The number of H-pyrrole nitrogens is 1. The zero-order chi connectivity index (χ0) is 13.7. The van der Waals surface area contributed by atoms with Gasteiger partial charge in [0.2, 0.25) is 0 Å². The van der Waals surface area contributed by atoms with E-state index < -0.39 is 0 Å². The van der Waals surface area contributed by atoms with Crippen molar-refractivity contribution in [3.8, 4) is 0 Å². The van der Waals surface area contributed by atoms with E-state index in [-0.39, 0.29) is 0 Å². The number of hydrogen-bond acceptors (Lipinski definition) is 0. The van der Waals surface area contributed by atoms with Crippen LogP contribution in [0.3, 0.4) is 0 Å². The van der Waals surface area contributed by atoms with E-state index in [0.29, 0.717) is 0 Å². The second kappa shape index (κ2) is 6.42. The quantitative estimate of drug-likeness (QED) is 0.663. The summed E-state index contributed by atoms with van der Waals surface area (Å²) in [6.45, 7) is 8.27. The molecule has 0 spiro atoms. The molecule has 0 aliphatic carbocycles. The predicted octanol–water partition coefficient (Wildman–Crippen LogP) is 5.40.